The number of hydrogen-bond acceptors (Lipinski definition) is 3. The molecular formula is C28H29ClN4O2. The fourth-order valence-corrected chi connectivity index (χ4v) is 5.43. The smallest absolute Gasteiger partial charge is 0.267 e. The Morgan fingerprint density at radius 1 is 1.29 bits per heavy atom. The van der Waals surface area contributed by atoms with Crippen LogP contribution in [0.3, 0.4) is 0 Å². The Morgan fingerprint density at radius 2 is 2.14 bits per heavy atom. The average molecular weight is 489 g/mol. The van der Waals surface area contributed by atoms with Crippen LogP contribution in [-0.2, 0) is 31.2 Å². The largest absolute Gasteiger partial charge is 0.363 e. The molecule has 5 rings (SSSR count). The van der Waals surface area contributed by atoms with E-state index in [1.54, 1.807) is 11.6 Å². The second kappa shape index (κ2) is 10.1. The van der Waals surface area contributed by atoms with Crippen LogP contribution in [0.15, 0.2) is 67.0 Å². The first kappa shape index (κ1) is 23.4. The number of nitrogens with zero attached hydrogens (tertiary/aromatic N) is 2. The van der Waals surface area contributed by atoms with Crippen molar-refractivity contribution in [1.29, 1.82) is 0 Å². The van der Waals surface area contributed by atoms with Crippen molar-refractivity contribution >= 4 is 34.5 Å². The highest BCUT2D eigenvalue weighted by Crippen LogP contribution is 2.38. The van der Waals surface area contributed by atoms with E-state index in [-0.39, 0.29) is 6.04 Å². The molecule has 0 fully saturated rings. The van der Waals surface area contributed by atoms with Gasteiger partial charge in [-0.2, -0.15) is 0 Å². The maximum absolute atomic E-state index is 11.3. The van der Waals surface area contributed by atoms with Crippen molar-refractivity contribution in [2.75, 3.05) is 6.54 Å². The zero-order valence-electron chi connectivity index (χ0n) is 19.7. The first-order chi connectivity index (χ1) is 17.0. The minimum Gasteiger partial charge on any atom is -0.363 e. The molecule has 0 saturated heterocycles. The van der Waals surface area contributed by atoms with Gasteiger partial charge in [0.15, 0.2) is 0 Å². The van der Waals surface area contributed by atoms with Gasteiger partial charge in [0.05, 0.1) is 5.02 Å². The summed E-state index contributed by atoms with van der Waals surface area (Å²) >= 11 is 6.46. The van der Waals surface area contributed by atoms with E-state index < -0.39 is 5.91 Å². The van der Waals surface area contributed by atoms with E-state index in [9.17, 15) is 4.79 Å². The van der Waals surface area contributed by atoms with Crippen LogP contribution in [0.25, 0.3) is 17.0 Å². The van der Waals surface area contributed by atoms with Crippen LogP contribution in [0, 0.1) is 0 Å². The number of aromatic amines is 1. The molecule has 1 aliphatic carbocycles. The first-order valence-electron chi connectivity index (χ1n) is 11.9. The van der Waals surface area contributed by atoms with Crippen LogP contribution in [-0.4, -0.2) is 32.1 Å². The molecule has 0 spiro atoms. The van der Waals surface area contributed by atoms with Crippen LogP contribution in [0.2, 0.25) is 5.02 Å². The second-order valence-electron chi connectivity index (χ2n) is 9.13. The molecule has 1 amide bonds. The van der Waals surface area contributed by atoms with Crippen LogP contribution in [0.4, 0.5) is 0 Å². The fourth-order valence-electron chi connectivity index (χ4n) is 5.25. The molecule has 3 N–H and O–H groups in total. The third-order valence-corrected chi connectivity index (χ3v) is 7.33. The molecule has 1 aliphatic rings. The van der Waals surface area contributed by atoms with E-state index >= 15 is 0 Å². The van der Waals surface area contributed by atoms with Crippen molar-refractivity contribution in [1.82, 2.24) is 19.9 Å². The third-order valence-electron chi connectivity index (χ3n) is 6.98. The van der Waals surface area contributed by atoms with Crippen molar-refractivity contribution < 1.29 is 10.0 Å². The Kier molecular flexibility index (Phi) is 6.77. The van der Waals surface area contributed by atoms with Crippen LogP contribution in [0.1, 0.15) is 40.4 Å². The minimum absolute atomic E-state index is 0.290. The Morgan fingerprint density at radius 3 is 2.94 bits per heavy atom. The molecule has 1 atom stereocenters. The fraction of sp³-hybridized carbons (Fsp3) is 0.250. The Balaban J connectivity index is 1.40. The van der Waals surface area contributed by atoms with Crippen molar-refractivity contribution in [3.63, 3.8) is 0 Å². The molecule has 2 heterocycles. The molecule has 2 aromatic carbocycles. The molecule has 2 aromatic heterocycles. The predicted octanol–water partition coefficient (Wildman–Crippen LogP) is 5.41. The van der Waals surface area contributed by atoms with Crippen molar-refractivity contribution in [3.8, 4) is 0 Å². The molecule has 0 radical (unpaired) electrons. The number of H-pyrrole nitrogens is 1. The van der Waals surface area contributed by atoms with Crippen LogP contribution in [0.5, 0.6) is 0 Å². The number of amides is 1. The summed E-state index contributed by atoms with van der Waals surface area (Å²) < 4.78 is 2.20. The first-order valence-corrected chi connectivity index (χ1v) is 12.2. The molecule has 0 saturated carbocycles. The van der Waals surface area contributed by atoms with E-state index in [4.69, 9.17) is 16.8 Å². The van der Waals surface area contributed by atoms with Crippen molar-refractivity contribution in [2.45, 2.75) is 31.8 Å². The molecular weight excluding hydrogens is 460 g/mol. The molecule has 180 valence electrons. The zero-order chi connectivity index (χ0) is 24.4. The summed E-state index contributed by atoms with van der Waals surface area (Å²) in [5.74, 6) is -0.536. The van der Waals surface area contributed by atoms with Gasteiger partial charge in [-0.05, 0) is 59.7 Å². The number of carbonyl (C=O) groups is 1. The number of carbonyl (C=O) groups excluding carboxylic acids is 1. The maximum Gasteiger partial charge on any atom is 0.267 e. The minimum atomic E-state index is -0.536. The number of rotatable bonds is 8. The lowest BCUT2D eigenvalue weighted by atomic mass is 10.0. The highest BCUT2D eigenvalue weighted by Gasteiger charge is 2.29. The Labute approximate surface area is 209 Å². The van der Waals surface area contributed by atoms with E-state index in [0.717, 1.165) is 48.6 Å². The summed E-state index contributed by atoms with van der Waals surface area (Å²) in [6.45, 7) is 1.66. The Hall–Kier alpha value is -3.32. The number of hydroxylamine groups is 1. The summed E-state index contributed by atoms with van der Waals surface area (Å²) in [4.78, 5) is 17.2. The number of aromatic nitrogens is 2. The second-order valence-corrected chi connectivity index (χ2v) is 9.54. The number of aryl methyl sites for hydroxylation is 2. The number of nitrogens with one attached hydrogen (secondary N) is 2. The van der Waals surface area contributed by atoms with Gasteiger partial charge >= 0.3 is 0 Å². The van der Waals surface area contributed by atoms with Gasteiger partial charge in [0.1, 0.15) is 0 Å². The number of benzene rings is 2. The molecule has 4 aromatic rings. The normalized spacial score (nSPS) is 15.4. The molecule has 6 nitrogen and oxygen atoms in total. The van der Waals surface area contributed by atoms with Crippen LogP contribution < -0.4 is 5.48 Å². The van der Waals surface area contributed by atoms with E-state index in [2.05, 4.69) is 64.1 Å². The van der Waals surface area contributed by atoms with Gasteiger partial charge in [-0.25, -0.2) is 5.48 Å². The van der Waals surface area contributed by atoms with Gasteiger partial charge in [-0.3, -0.25) is 14.9 Å². The maximum atomic E-state index is 11.3. The Bertz CT molecular complexity index is 1390. The topological polar surface area (TPSA) is 73.3 Å². The van der Waals surface area contributed by atoms with Crippen molar-refractivity contribution in [2.24, 2.45) is 7.05 Å². The number of para-hydroxylation sites is 1. The van der Waals surface area contributed by atoms with Gasteiger partial charge in [0.2, 0.25) is 0 Å². The molecule has 35 heavy (non-hydrogen) atoms. The highest BCUT2D eigenvalue weighted by atomic mass is 35.5. The third kappa shape index (κ3) is 4.91. The molecule has 0 bridgehead atoms. The SMILES string of the molecule is Cn1cc(CCN(Cc2[nH]ccc2Cl)C2CCc3cc(C=CC(=O)NO)ccc32)c2ccccc21. The molecule has 0 aliphatic heterocycles. The van der Waals surface area contributed by atoms with Gasteiger partial charge in [0, 0.05) is 61.2 Å². The van der Waals surface area contributed by atoms with Gasteiger partial charge < -0.3 is 9.55 Å². The number of hydrogen-bond donors (Lipinski definition) is 3. The van der Waals surface area contributed by atoms with Crippen LogP contribution >= 0.6 is 11.6 Å². The lowest BCUT2D eigenvalue weighted by molar-refractivity contribution is -0.124. The van der Waals surface area contributed by atoms with E-state index in [0.29, 0.717) is 0 Å². The van der Waals surface area contributed by atoms with E-state index in [1.807, 2.05) is 18.3 Å². The predicted molar refractivity (Wildman–Crippen MR) is 139 cm³/mol. The van der Waals surface area contributed by atoms with Gasteiger partial charge in [0.25, 0.3) is 5.91 Å². The van der Waals surface area contributed by atoms with Crippen molar-refractivity contribution in [3.05, 3.63) is 100.0 Å². The number of halogens is 1. The van der Waals surface area contributed by atoms with Gasteiger partial charge in [-0.15, -0.1) is 0 Å². The van der Waals surface area contributed by atoms with E-state index in [1.165, 1.54) is 33.7 Å². The zero-order valence-corrected chi connectivity index (χ0v) is 20.4. The quantitative estimate of drug-likeness (QED) is 0.176. The average Bonchev–Trinajstić information content (AvgIpc) is 3.57. The monoisotopic (exact) mass is 488 g/mol. The summed E-state index contributed by atoms with van der Waals surface area (Å²) in [6.07, 6.45) is 10.2. The molecule has 7 heteroatoms. The lowest BCUT2D eigenvalue weighted by Crippen LogP contribution is -2.29. The lowest BCUT2D eigenvalue weighted by Gasteiger charge is -2.29. The highest BCUT2D eigenvalue weighted by molar-refractivity contribution is 6.31. The summed E-state index contributed by atoms with van der Waals surface area (Å²) in [5.41, 5.74) is 8.84. The van der Waals surface area contributed by atoms with Gasteiger partial charge in [-0.1, -0.05) is 48.0 Å². The standard InChI is InChI=1S/C28H29ClN4O2/c1-32-17-21(22-4-2-3-5-26(22)32)13-15-33(18-25-24(29)12-14-30-25)27-10-8-20-16-19(6-9-23(20)27)7-11-28(34)31-35/h2-7,9,11-12,14,16-17,27,30,35H,8,10,13,15,18H2,1H3,(H,31,34). The molecule has 1 unspecified atom stereocenters. The summed E-state index contributed by atoms with van der Waals surface area (Å²) in [7, 11) is 2.10. The summed E-state index contributed by atoms with van der Waals surface area (Å²) in [5, 5.41) is 10.8. The number of fused-ring (bicyclic) bond motifs is 2. The summed E-state index contributed by atoms with van der Waals surface area (Å²) in [6, 6.07) is 17.1.